The molecule has 0 aliphatic carbocycles. The van der Waals surface area contributed by atoms with Gasteiger partial charge in [-0.05, 0) is 56.9 Å². The third-order valence-electron chi connectivity index (χ3n) is 4.00. The maximum atomic E-state index is 12.4. The molecule has 0 radical (unpaired) electrons. The molecule has 0 aliphatic heterocycles. The van der Waals surface area contributed by atoms with E-state index in [1.807, 2.05) is 0 Å². The average molecular weight is 406 g/mol. The van der Waals surface area contributed by atoms with Crippen LogP contribution >= 0.6 is 0 Å². The van der Waals surface area contributed by atoms with E-state index in [0.29, 0.717) is 5.56 Å². The van der Waals surface area contributed by atoms with E-state index in [1.165, 1.54) is 38.4 Å². The predicted molar refractivity (Wildman–Crippen MR) is 103 cm³/mol. The Hall–Kier alpha value is -2.85. The Kier molecular flexibility index (Phi) is 7.77. The first-order valence-corrected chi connectivity index (χ1v) is 10.0. The summed E-state index contributed by atoms with van der Waals surface area (Å²) >= 11 is 0. The number of aliphatic hydroxyl groups excluding tert-OH is 1. The average Bonchev–Trinajstić information content (AvgIpc) is 2.61. The molecular formula is C19H22N2O6S. The molecule has 0 saturated carbocycles. The van der Waals surface area contributed by atoms with E-state index in [9.17, 15) is 18.0 Å². The van der Waals surface area contributed by atoms with Crippen LogP contribution in [0.1, 0.15) is 36.7 Å². The van der Waals surface area contributed by atoms with Crippen molar-refractivity contribution in [2.75, 3.05) is 6.26 Å². The number of amides is 2. The Bertz CT molecular complexity index is 958. The van der Waals surface area contributed by atoms with Crippen molar-refractivity contribution in [2.24, 2.45) is 0 Å². The molecule has 2 amide bonds. The number of benzene rings is 1. The van der Waals surface area contributed by atoms with Gasteiger partial charge in [0.15, 0.2) is 9.84 Å². The van der Waals surface area contributed by atoms with Crippen molar-refractivity contribution in [1.29, 1.82) is 0 Å². The Labute approximate surface area is 164 Å². The lowest BCUT2D eigenvalue weighted by atomic mass is 10.0. The zero-order valence-corrected chi connectivity index (χ0v) is 16.7. The quantitative estimate of drug-likeness (QED) is 0.305. The van der Waals surface area contributed by atoms with Crippen LogP contribution in [0.3, 0.4) is 0 Å². The van der Waals surface area contributed by atoms with Crippen molar-refractivity contribution in [2.45, 2.75) is 37.7 Å². The molecule has 150 valence electrons. The lowest BCUT2D eigenvalue weighted by Gasteiger charge is -2.31. The molecular weight excluding hydrogens is 384 g/mol. The van der Waals surface area contributed by atoms with E-state index in [0.717, 1.165) is 6.26 Å². The summed E-state index contributed by atoms with van der Waals surface area (Å²) in [4.78, 5) is 24.4. The fraction of sp³-hybridized carbons (Fsp3) is 0.368. The molecule has 0 saturated heterocycles. The first kappa shape index (κ1) is 23.2. The smallest absolute Gasteiger partial charge is 0.267 e. The molecule has 0 aliphatic rings. The number of rotatable bonds is 5. The number of hydroxylamine groups is 1. The number of carbonyl (C=O) groups is 2. The SMILES string of the molecule is CC(O)C#CC#Cc1ccc(C(=O)N[C@H](C(=O)NO)C(C)(C)S(C)(=O)=O)cc1. The molecule has 1 rings (SSSR count). The van der Waals surface area contributed by atoms with Gasteiger partial charge in [-0.15, -0.1) is 0 Å². The van der Waals surface area contributed by atoms with Gasteiger partial charge in [0.2, 0.25) is 0 Å². The normalized spacial score (nSPS) is 13.1. The van der Waals surface area contributed by atoms with Gasteiger partial charge >= 0.3 is 0 Å². The van der Waals surface area contributed by atoms with Crippen LogP contribution in [0.2, 0.25) is 0 Å². The van der Waals surface area contributed by atoms with Gasteiger partial charge in [-0.3, -0.25) is 14.8 Å². The summed E-state index contributed by atoms with van der Waals surface area (Å²) in [5, 5.41) is 20.3. The summed E-state index contributed by atoms with van der Waals surface area (Å²) < 4.78 is 22.3. The van der Waals surface area contributed by atoms with Crippen LogP contribution < -0.4 is 10.8 Å². The van der Waals surface area contributed by atoms with Crippen molar-refractivity contribution in [3.05, 3.63) is 35.4 Å². The summed E-state index contributed by atoms with van der Waals surface area (Å²) in [7, 11) is -3.75. The van der Waals surface area contributed by atoms with Gasteiger partial charge in [0.1, 0.15) is 12.1 Å². The second-order valence-corrected chi connectivity index (χ2v) is 9.13. The zero-order chi connectivity index (χ0) is 21.5. The second kappa shape index (κ2) is 9.38. The largest absolute Gasteiger partial charge is 0.381 e. The van der Waals surface area contributed by atoms with Crippen LogP contribution in [0.5, 0.6) is 0 Å². The maximum absolute atomic E-state index is 12.4. The lowest BCUT2D eigenvalue weighted by molar-refractivity contribution is -0.131. The van der Waals surface area contributed by atoms with Crippen molar-refractivity contribution in [1.82, 2.24) is 10.8 Å². The van der Waals surface area contributed by atoms with E-state index in [1.54, 1.807) is 12.1 Å². The van der Waals surface area contributed by atoms with Crippen molar-refractivity contribution < 1.29 is 28.3 Å². The van der Waals surface area contributed by atoms with E-state index in [2.05, 4.69) is 29.0 Å². The number of carbonyl (C=O) groups excluding carboxylic acids is 2. The summed E-state index contributed by atoms with van der Waals surface area (Å²) in [6, 6.07) is 4.48. The second-order valence-electron chi connectivity index (χ2n) is 6.53. The summed E-state index contributed by atoms with van der Waals surface area (Å²) in [5.41, 5.74) is 2.11. The minimum atomic E-state index is -3.75. The molecule has 28 heavy (non-hydrogen) atoms. The third kappa shape index (κ3) is 6.10. The summed E-state index contributed by atoms with van der Waals surface area (Å²) in [5.74, 6) is 8.49. The van der Waals surface area contributed by atoms with Crippen LogP contribution in [0.25, 0.3) is 0 Å². The molecule has 0 spiro atoms. The first-order valence-electron chi connectivity index (χ1n) is 8.14. The maximum Gasteiger partial charge on any atom is 0.267 e. The molecule has 1 unspecified atom stereocenters. The third-order valence-corrected chi connectivity index (χ3v) is 6.14. The Balaban J connectivity index is 3.04. The minimum Gasteiger partial charge on any atom is -0.381 e. The fourth-order valence-corrected chi connectivity index (χ4v) is 2.59. The van der Waals surface area contributed by atoms with Crippen LogP contribution in [0.15, 0.2) is 24.3 Å². The number of nitrogens with one attached hydrogen (secondary N) is 2. The predicted octanol–water partition coefficient (Wildman–Crippen LogP) is -0.151. The highest BCUT2D eigenvalue weighted by molar-refractivity contribution is 7.92. The van der Waals surface area contributed by atoms with Gasteiger partial charge < -0.3 is 10.4 Å². The monoisotopic (exact) mass is 406 g/mol. The minimum absolute atomic E-state index is 0.167. The topological polar surface area (TPSA) is 133 Å². The zero-order valence-electron chi connectivity index (χ0n) is 15.9. The van der Waals surface area contributed by atoms with Gasteiger partial charge in [0.25, 0.3) is 11.8 Å². The molecule has 4 N–H and O–H groups in total. The van der Waals surface area contributed by atoms with Gasteiger partial charge in [-0.1, -0.05) is 11.8 Å². The molecule has 9 heteroatoms. The molecule has 1 aromatic carbocycles. The van der Waals surface area contributed by atoms with Crippen molar-refractivity contribution in [3.63, 3.8) is 0 Å². The molecule has 1 aromatic rings. The van der Waals surface area contributed by atoms with E-state index in [4.69, 9.17) is 10.3 Å². The summed E-state index contributed by atoms with van der Waals surface area (Å²) in [6.07, 6.45) is 0.158. The van der Waals surface area contributed by atoms with Gasteiger partial charge in [0, 0.05) is 17.4 Å². The Morgan fingerprint density at radius 2 is 1.71 bits per heavy atom. The Morgan fingerprint density at radius 3 is 2.18 bits per heavy atom. The van der Waals surface area contributed by atoms with Crippen LogP contribution in [-0.2, 0) is 14.6 Å². The van der Waals surface area contributed by atoms with E-state index < -0.39 is 38.5 Å². The van der Waals surface area contributed by atoms with E-state index in [-0.39, 0.29) is 5.56 Å². The number of aliphatic hydroxyl groups is 1. The highest BCUT2D eigenvalue weighted by atomic mass is 32.2. The highest BCUT2D eigenvalue weighted by Gasteiger charge is 2.44. The standard InChI is InChI=1S/C19H22N2O6S/c1-13(22)7-5-6-8-14-9-11-15(12-10-14)17(23)20-16(18(24)21-25)19(2,3)28(4,26)27/h9-13,16,22,25H,1-4H3,(H,20,23)(H,21,24)/t13?,16-/m1/s1. The molecule has 0 heterocycles. The first-order chi connectivity index (χ1) is 12.9. The van der Waals surface area contributed by atoms with Crippen molar-refractivity contribution >= 4 is 21.7 Å². The fourth-order valence-electron chi connectivity index (χ4n) is 2.00. The number of sulfone groups is 1. The summed E-state index contributed by atoms with van der Waals surface area (Å²) in [6.45, 7) is 4.06. The van der Waals surface area contributed by atoms with Crippen LogP contribution in [0.4, 0.5) is 0 Å². The van der Waals surface area contributed by atoms with Gasteiger partial charge in [-0.2, -0.15) is 0 Å². The van der Waals surface area contributed by atoms with Gasteiger partial charge in [-0.25, -0.2) is 13.9 Å². The molecule has 0 bridgehead atoms. The lowest BCUT2D eigenvalue weighted by Crippen LogP contribution is -2.60. The highest BCUT2D eigenvalue weighted by Crippen LogP contribution is 2.21. The molecule has 0 fully saturated rings. The molecule has 0 aromatic heterocycles. The molecule has 8 nitrogen and oxygen atoms in total. The molecule has 2 atom stereocenters. The van der Waals surface area contributed by atoms with Crippen molar-refractivity contribution in [3.8, 4) is 23.7 Å². The van der Waals surface area contributed by atoms with E-state index >= 15 is 0 Å². The van der Waals surface area contributed by atoms with Gasteiger partial charge in [0.05, 0.1) is 4.75 Å². The van der Waals surface area contributed by atoms with Crippen LogP contribution in [0, 0.1) is 23.7 Å². The number of hydrogen-bond donors (Lipinski definition) is 4. The Morgan fingerprint density at radius 1 is 1.14 bits per heavy atom. The van der Waals surface area contributed by atoms with Crippen LogP contribution in [-0.4, -0.2) is 53.7 Å². The number of hydrogen-bond acceptors (Lipinski definition) is 6.